The molecule has 168 valence electrons. The van der Waals surface area contributed by atoms with Crippen molar-refractivity contribution in [3.8, 4) is 11.3 Å². The highest BCUT2D eigenvalue weighted by Crippen LogP contribution is 2.30. The van der Waals surface area contributed by atoms with Crippen LogP contribution in [0.15, 0.2) is 48.5 Å². The molecule has 0 aliphatic carbocycles. The van der Waals surface area contributed by atoms with Crippen molar-refractivity contribution in [3.05, 3.63) is 88.1 Å². The van der Waals surface area contributed by atoms with Gasteiger partial charge in [-0.05, 0) is 67.1 Å². The van der Waals surface area contributed by atoms with Gasteiger partial charge >= 0.3 is 0 Å². The predicted molar refractivity (Wildman–Crippen MR) is 120 cm³/mol. The lowest BCUT2D eigenvalue weighted by atomic mass is 9.96. The average molecular weight is 447 g/mol. The van der Waals surface area contributed by atoms with Crippen LogP contribution in [-0.2, 0) is 13.0 Å². The Labute approximate surface area is 190 Å². The molecule has 0 spiro atoms. The summed E-state index contributed by atoms with van der Waals surface area (Å²) in [6, 6.07) is 12.6. The number of pyridine rings is 1. The maximum absolute atomic E-state index is 14.4. The molecule has 1 N–H and O–H groups in total. The summed E-state index contributed by atoms with van der Waals surface area (Å²) in [4.78, 5) is 31.4. The minimum absolute atomic E-state index is 0.0303. The van der Waals surface area contributed by atoms with Gasteiger partial charge in [0.15, 0.2) is 0 Å². The summed E-state index contributed by atoms with van der Waals surface area (Å²) in [5, 5.41) is 2.74. The normalized spacial score (nSPS) is 15.3. The number of carbonyl (C=O) groups is 2. The lowest BCUT2D eigenvalue weighted by molar-refractivity contribution is 0.0724. The number of rotatable bonds is 4. The number of aromatic nitrogens is 1. The van der Waals surface area contributed by atoms with Crippen LogP contribution >= 0.6 is 0 Å². The average Bonchev–Trinajstić information content (AvgIpc) is 3.20. The van der Waals surface area contributed by atoms with Gasteiger partial charge in [-0.25, -0.2) is 13.8 Å². The van der Waals surface area contributed by atoms with E-state index in [0.29, 0.717) is 28.8 Å². The molecule has 1 aromatic heterocycles. The molecular weight excluding hydrogens is 424 g/mol. The number of carbonyl (C=O) groups excluding carboxylic acids is 2. The molecule has 0 bridgehead atoms. The van der Waals surface area contributed by atoms with E-state index in [2.05, 4.69) is 10.3 Å². The highest BCUT2D eigenvalue weighted by atomic mass is 19.1. The molecule has 2 aromatic carbocycles. The number of amides is 2. The van der Waals surface area contributed by atoms with Crippen molar-refractivity contribution in [2.45, 2.75) is 32.2 Å². The van der Waals surface area contributed by atoms with Gasteiger partial charge in [-0.2, -0.15) is 0 Å². The summed E-state index contributed by atoms with van der Waals surface area (Å²) in [5.74, 6) is -1.62. The standard InChI is InChI=1S/C26H23F2N3O2/c27-19-5-4-6-20(28)24(19)21-14-18(23-22(30-21)15-29-25(23)32)13-16-7-9-17(10-8-16)26(33)31-11-2-1-3-12-31/h4-10,14H,1-3,11-13,15H2,(H,29,32). The highest BCUT2D eigenvalue weighted by Gasteiger charge is 2.27. The molecule has 0 saturated carbocycles. The number of piperidine rings is 1. The van der Waals surface area contributed by atoms with Crippen LogP contribution in [0.1, 0.15) is 56.8 Å². The van der Waals surface area contributed by atoms with E-state index in [9.17, 15) is 18.4 Å². The van der Waals surface area contributed by atoms with E-state index < -0.39 is 11.6 Å². The fraction of sp³-hybridized carbons (Fsp3) is 0.269. The third-order valence-electron chi connectivity index (χ3n) is 6.28. The molecule has 3 aromatic rings. The van der Waals surface area contributed by atoms with Crippen LogP contribution in [0.25, 0.3) is 11.3 Å². The first-order valence-electron chi connectivity index (χ1n) is 11.1. The van der Waals surface area contributed by atoms with E-state index in [1.165, 1.54) is 18.2 Å². The Kier molecular flexibility index (Phi) is 5.62. The molecule has 2 amide bonds. The predicted octanol–water partition coefficient (Wildman–Crippen LogP) is 4.49. The van der Waals surface area contributed by atoms with Gasteiger partial charge in [0.25, 0.3) is 11.8 Å². The number of hydrogen-bond donors (Lipinski definition) is 1. The van der Waals surface area contributed by atoms with E-state index in [4.69, 9.17) is 0 Å². The molecule has 0 unspecified atom stereocenters. The van der Waals surface area contributed by atoms with Crippen molar-refractivity contribution in [1.82, 2.24) is 15.2 Å². The summed E-state index contributed by atoms with van der Waals surface area (Å²) in [6.07, 6.45) is 3.60. The summed E-state index contributed by atoms with van der Waals surface area (Å²) in [7, 11) is 0. The summed E-state index contributed by atoms with van der Waals surface area (Å²) < 4.78 is 28.8. The second-order valence-electron chi connectivity index (χ2n) is 8.49. The van der Waals surface area contributed by atoms with Gasteiger partial charge < -0.3 is 10.2 Å². The van der Waals surface area contributed by atoms with Crippen LogP contribution in [0.5, 0.6) is 0 Å². The number of benzene rings is 2. The number of halogens is 2. The molecule has 0 radical (unpaired) electrons. The van der Waals surface area contributed by atoms with E-state index in [0.717, 1.165) is 37.9 Å². The van der Waals surface area contributed by atoms with Crippen molar-refractivity contribution in [2.24, 2.45) is 0 Å². The summed E-state index contributed by atoms with van der Waals surface area (Å²) in [5.41, 5.74) is 3.04. The lowest BCUT2D eigenvalue weighted by Crippen LogP contribution is -2.35. The van der Waals surface area contributed by atoms with Crippen molar-refractivity contribution < 1.29 is 18.4 Å². The topological polar surface area (TPSA) is 62.3 Å². The van der Waals surface area contributed by atoms with Gasteiger partial charge in [-0.15, -0.1) is 0 Å². The van der Waals surface area contributed by atoms with Crippen molar-refractivity contribution in [2.75, 3.05) is 13.1 Å². The monoisotopic (exact) mass is 447 g/mol. The van der Waals surface area contributed by atoms with Gasteiger partial charge in [0.1, 0.15) is 11.6 Å². The van der Waals surface area contributed by atoms with Gasteiger partial charge in [0, 0.05) is 18.7 Å². The molecule has 3 heterocycles. The minimum Gasteiger partial charge on any atom is -0.346 e. The summed E-state index contributed by atoms with van der Waals surface area (Å²) >= 11 is 0. The van der Waals surface area contributed by atoms with Gasteiger partial charge in [0.05, 0.1) is 29.1 Å². The lowest BCUT2D eigenvalue weighted by Gasteiger charge is -2.26. The van der Waals surface area contributed by atoms with Crippen LogP contribution in [0.2, 0.25) is 0 Å². The first-order chi connectivity index (χ1) is 16.0. The van der Waals surface area contributed by atoms with E-state index >= 15 is 0 Å². The van der Waals surface area contributed by atoms with E-state index in [1.807, 2.05) is 17.0 Å². The molecule has 33 heavy (non-hydrogen) atoms. The molecule has 7 heteroatoms. The van der Waals surface area contributed by atoms with Crippen molar-refractivity contribution in [1.29, 1.82) is 0 Å². The molecule has 2 aliphatic rings. The van der Waals surface area contributed by atoms with Crippen LogP contribution in [-0.4, -0.2) is 34.8 Å². The van der Waals surface area contributed by atoms with E-state index in [1.54, 1.807) is 18.2 Å². The zero-order valence-corrected chi connectivity index (χ0v) is 18.0. The largest absolute Gasteiger partial charge is 0.346 e. The van der Waals surface area contributed by atoms with Crippen molar-refractivity contribution in [3.63, 3.8) is 0 Å². The Morgan fingerprint density at radius 1 is 0.970 bits per heavy atom. The first kappa shape index (κ1) is 21.2. The zero-order valence-electron chi connectivity index (χ0n) is 18.0. The van der Waals surface area contributed by atoms with Crippen LogP contribution < -0.4 is 5.32 Å². The van der Waals surface area contributed by atoms with Gasteiger partial charge in [-0.3, -0.25) is 9.59 Å². The second kappa shape index (κ2) is 8.73. The third-order valence-corrected chi connectivity index (χ3v) is 6.28. The number of nitrogens with zero attached hydrogens (tertiary/aromatic N) is 2. The molecular formula is C26H23F2N3O2. The number of nitrogens with one attached hydrogen (secondary N) is 1. The van der Waals surface area contributed by atoms with Crippen LogP contribution in [0.4, 0.5) is 8.78 Å². The number of hydrogen-bond acceptors (Lipinski definition) is 3. The quantitative estimate of drug-likeness (QED) is 0.641. The molecule has 5 nitrogen and oxygen atoms in total. The van der Waals surface area contributed by atoms with Crippen molar-refractivity contribution >= 4 is 11.8 Å². The number of likely N-dealkylation sites (tertiary alicyclic amines) is 1. The molecule has 0 atom stereocenters. The smallest absolute Gasteiger partial charge is 0.253 e. The van der Waals surface area contributed by atoms with Crippen LogP contribution in [0.3, 0.4) is 0 Å². The Morgan fingerprint density at radius 3 is 2.36 bits per heavy atom. The third kappa shape index (κ3) is 4.11. The van der Waals surface area contributed by atoms with Gasteiger partial charge in [-0.1, -0.05) is 18.2 Å². The van der Waals surface area contributed by atoms with Gasteiger partial charge in [0.2, 0.25) is 0 Å². The molecule has 5 rings (SSSR count). The Morgan fingerprint density at radius 2 is 1.67 bits per heavy atom. The molecule has 2 aliphatic heterocycles. The minimum atomic E-state index is -0.703. The Hall–Kier alpha value is -3.61. The second-order valence-corrected chi connectivity index (χ2v) is 8.49. The fourth-order valence-electron chi connectivity index (χ4n) is 4.59. The Balaban J connectivity index is 1.46. The zero-order chi connectivity index (χ0) is 22.9. The number of fused-ring (bicyclic) bond motifs is 1. The Bertz CT molecular complexity index is 1210. The van der Waals surface area contributed by atoms with Crippen LogP contribution in [0, 0.1) is 11.6 Å². The molecule has 1 fully saturated rings. The highest BCUT2D eigenvalue weighted by molar-refractivity contribution is 5.99. The SMILES string of the molecule is O=C1NCc2nc(-c3c(F)cccc3F)cc(Cc3ccc(C(=O)N4CCCCC4)cc3)c21. The van der Waals surface area contributed by atoms with E-state index in [-0.39, 0.29) is 29.6 Å². The first-order valence-corrected chi connectivity index (χ1v) is 11.1. The molecule has 1 saturated heterocycles. The maximum Gasteiger partial charge on any atom is 0.253 e. The maximum atomic E-state index is 14.4. The fourth-order valence-corrected chi connectivity index (χ4v) is 4.59. The summed E-state index contributed by atoms with van der Waals surface area (Å²) in [6.45, 7) is 1.79.